The molecule has 0 spiro atoms. The van der Waals surface area contributed by atoms with E-state index in [9.17, 15) is 4.79 Å². The molecule has 0 N–H and O–H groups in total. The highest BCUT2D eigenvalue weighted by molar-refractivity contribution is 5.79. The Morgan fingerprint density at radius 2 is 1.97 bits per heavy atom. The van der Waals surface area contributed by atoms with Gasteiger partial charge in [0.2, 0.25) is 5.91 Å². The molecule has 2 aromatic heterocycles. The average molecular weight is 422 g/mol. The van der Waals surface area contributed by atoms with E-state index in [-0.39, 0.29) is 11.9 Å². The number of pyridine rings is 1. The van der Waals surface area contributed by atoms with Crippen molar-refractivity contribution in [1.82, 2.24) is 24.3 Å². The number of aromatic nitrogens is 3. The van der Waals surface area contributed by atoms with Crippen molar-refractivity contribution in [2.45, 2.75) is 12.5 Å². The van der Waals surface area contributed by atoms with Gasteiger partial charge in [-0.2, -0.15) is 0 Å². The number of ether oxygens (including phenoxy) is 2. The van der Waals surface area contributed by atoms with Crippen LogP contribution in [0.5, 0.6) is 5.75 Å². The molecule has 2 aliphatic heterocycles. The molecule has 2 aliphatic rings. The molecular formula is C23H27N5O3. The van der Waals surface area contributed by atoms with E-state index in [0.29, 0.717) is 26.3 Å². The molecule has 2 saturated heterocycles. The first-order chi connectivity index (χ1) is 15.2. The van der Waals surface area contributed by atoms with Crippen LogP contribution < -0.4 is 4.74 Å². The molecule has 5 rings (SSSR count). The molecule has 0 radical (unpaired) electrons. The lowest BCUT2D eigenvalue weighted by molar-refractivity contribution is -0.132. The normalized spacial score (nSPS) is 19.8. The van der Waals surface area contributed by atoms with Crippen LogP contribution in [0.1, 0.15) is 12.5 Å². The van der Waals surface area contributed by atoms with E-state index < -0.39 is 0 Å². The van der Waals surface area contributed by atoms with Crippen LogP contribution in [0, 0.1) is 0 Å². The molecule has 0 saturated carbocycles. The first-order valence-corrected chi connectivity index (χ1v) is 10.8. The van der Waals surface area contributed by atoms with Crippen LogP contribution in [0.3, 0.4) is 0 Å². The van der Waals surface area contributed by atoms with Gasteiger partial charge in [0, 0.05) is 37.9 Å². The molecule has 1 amide bonds. The number of carbonyl (C=O) groups is 1. The fourth-order valence-electron chi connectivity index (χ4n) is 4.45. The zero-order valence-electron chi connectivity index (χ0n) is 17.7. The van der Waals surface area contributed by atoms with Gasteiger partial charge in [-0.15, -0.1) is 0 Å². The smallest absolute Gasteiger partial charge is 0.236 e. The lowest BCUT2D eigenvalue weighted by Crippen LogP contribution is -2.44. The van der Waals surface area contributed by atoms with E-state index in [2.05, 4.69) is 14.5 Å². The van der Waals surface area contributed by atoms with Gasteiger partial charge >= 0.3 is 0 Å². The number of benzene rings is 1. The highest BCUT2D eigenvalue weighted by Crippen LogP contribution is 2.32. The minimum atomic E-state index is 0.144. The molecule has 162 valence electrons. The summed E-state index contributed by atoms with van der Waals surface area (Å²) in [7, 11) is 1.66. The van der Waals surface area contributed by atoms with Crippen LogP contribution in [0.25, 0.3) is 22.6 Å². The van der Waals surface area contributed by atoms with E-state index in [1.54, 1.807) is 13.3 Å². The zero-order chi connectivity index (χ0) is 21.2. The van der Waals surface area contributed by atoms with Gasteiger partial charge in [0.25, 0.3) is 0 Å². The first-order valence-electron chi connectivity index (χ1n) is 10.8. The zero-order valence-corrected chi connectivity index (χ0v) is 17.7. The lowest BCUT2D eigenvalue weighted by atomic mass is 10.2. The standard InChI is InChI=1S/C23H27N5O3/c1-30-19-6-4-17(5-7-19)22-25-20-3-2-9-24-23(20)28(22)18-8-10-27(15-18)21(29)16-26-11-13-31-14-12-26/h2-7,9,18H,8,10-16H2,1H3. The van der Waals surface area contributed by atoms with Gasteiger partial charge < -0.3 is 18.9 Å². The molecule has 1 aromatic carbocycles. The predicted molar refractivity (Wildman–Crippen MR) is 117 cm³/mol. The SMILES string of the molecule is COc1ccc(-c2nc3cccnc3n2C2CCN(C(=O)CN3CCOCC3)C2)cc1. The van der Waals surface area contributed by atoms with Crippen LogP contribution in [-0.4, -0.2) is 83.3 Å². The van der Waals surface area contributed by atoms with Crippen LogP contribution in [-0.2, 0) is 9.53 Å². The molecule has 0 aliphatic carbocycles. The summed E-state index contributed by atoms with van der Waals surface area (Å²) < 4.78 is 12.9. The maximum atomic E-state index is 12.9. The Hall–Kier alpha value is -2.97. The third kappa shape index (κ3) is 4.00. The van der Waals surface area contributed by atoms with Crippen molar-refractivity contribution in [3.8, 4) is 17.1 Å². The Balaban J connectivity index is 1.41. The van der Waals surface area contributed by atoms with Gasteiger partial charge in [-0.25, -0.2) is 9.97 Å². The molecule has 1 unspecified atom stereocenters. The van der Waals surface area contributed by atoms with Gasteiger partial charge in [-0.1, -0.05) is 0 Å². The summed E-state index contributed by atoms with van der Waals surface area (Å²) >= 11 is 0. The van der Waals surface area contributed by atoms with Gasteiger partial charge in [0.05, 0.1) is 32.9 Å². The quantitative estimate of drug-likeness (QED) is 0.629. The summed E-state index contributed by atoms with van der Waals surface area (Å²) in [5, 5.41) is 0. The highest BCUT2D eigenvalue weighted by atomic mass is 16.5. The fraction of sp³-hybridized carbons (Fsp3) is 0.435. The van der Waals surface area contributed by atoms with E-state index >= 15 is 0 Å². The van der Waals surface area contributed by atoms with Crippen LogP contribution in [0.15, 0.2) is 42.6 Å². The van der Waals surface area contributed by atoms with Crippen LogP contribution in [0.4, 0.5) is 0 Å². The van der Waals surface area contributed by atoms with Crippen molar-refractivity contribution in [3.05, 3.63) is 42.6 Å². The number of hydrogen-bond acceptors (Lipinski definition) is 6. The molecule has 4 heterocycles. The molecule has 31 heavy (non-hydrogen) atoms. The summed E-state index contributed by atoms with van der Waals surface area (Å²) in [4.78, 5) is 26.6. The summed E-state index contributed by atoms with van der Waals surface area (Å²) in [5.41, 5.74) is 2.74. The number of imidazole rings is 1. The largest absolute Gasteiger partial charge is 0.497 e. The second-order valence-electron chi connectivity index (χ2n) is 8.05. The van der Waals surface area contributed by atoms with E-state index in [1.807, 2.05) is 41.3 Å². The lowest BCUT2D eigenvalue weighted by Gasteiger charge is -2.28. The summed E-state index contributed by atoms with van der Waals surface area (Å²) in [6.07, 6.45) is 2.69. The van der Waals surface area contributed by atoms with Gasteiger partial charge in [0.1, 0.15) is 17.1 Å². The van der Waals surface area contributed by atoms with Gasteiger partial charge in [0.15, 0.2) is 5.65 Å². The molecular weight excluding hydrogens is 394 g/mol. The second kappa shape index (κ2) is 8.64. The Kier molecular flexibility index (Phi) is 5.57. The minimum absolute atomic E-state index is 0.144. The van der Waals surface area contributed by atoms with Crippen molar-refractivity contribution in [2.75, 3.05) is 53.0 Å². The van der Waals surface area contributed by atoms with E-state index in [4.69, 9.17) is 14.5 Å². The van der Waals surface area contributed by atoms with Crippen LogP contribution in [0.2, 0.25) is 0 Å². The molecule has 3 aromatic rings. The number of methoxy groups -OCH3 is 1. The minimum Gasteiger partial charge on any atom is -0.497 e. The predicted octanol–water partition coefficient (Wildman–Crippen LogP) is 2.21. The van der Waals surface area contributed by atoms with Gasteiger partial charge in [-0.05, 0) is 42.8 Å². The van der Waals surface area contributed by atoms with Crippen LogP contribution >= 0.6 is 0 Å². The third-order valence-corrected chi connectivity index (χ3v) is 6.14. The fourth-order valence-corrected chi connectivity index (χ4v) is 4.45. The maximum absolute atomic E-state index is 12.9. The first kappa shape index (κ1) is 20.0. The number of nitrogens with zero attached hydrogens (tertiary/aromatic N) is 5. The average Bonchev–Trinajstić information content (AvgIpc) is 3.44. The number of carbonyl (C=O) groups excluding carboxylic acids is 1. The van der Waals surface area contributed by atoms with E-state index in [0.717, 1.165) is 54.4 Å². The summed E-state index contributed by atoms with van der Waals surface area (Å²) in [6, 6.07) is 12.0. The second-order valence-corrected chi connectivity index (χ2v) is 8.05. The van der Waals surface area contributed by atoms with Crippen molar-refractivity contribution in [1.29, 1.82) is 0 Å². The van der Waals surface area contributed by atoms with Crippen molar-refractivity contribution >= 4 is 17.1 Å². The third-order valence-electron chi connectivity index (χ3n) is 6.14. The van der Waals surface area contributed by atoms with Crippen molar-refractivity contribution in [3.63, 3.8) is 0 Å². The Bertz CT molecular complexity index is 1060. The molecule has 8 nitrogen and oxygen atoms in total. The number of likely N-dealkylation sites (tertiary alicyclic amines) is 1. The Morgan fingerprint density at radius 3 is 2.74 bits per heavy atom. The number of fused-ring (bicyclic) bond motifs is 1. The highest BCUT2D eigenvalue weighted by Gasteiger charge is 2.31. The maximum Gasteiger partial charge on any atom is 0.236 e. The number of hydrogen-bond donors (Lipinski definition) is 0. The van der Waals surface area contributed by atoms with Crippen molar-refractivity contribution in [2.24, 2.45) is 0 Å². The Morgan fingerprint density at radius 1 is 1.16 bits per heavy atom. The molecule has 0 bridgehead atoms. The van der Waals surface area contributed by atoms with E-state index in [1.165, 1.54) is 0 Å². The van der Waals surface area contributed by atoms with Gasteiger partial charge in [-0.3, -0.25) is 9.69 Å². The van der Waals surface area contributed by atoms with Crippen molar-refractivity contribution < 1.29 is 14.3 Å². The topological polar surface area (TPSA) is 72.7 Å². The number of morpholine rings is 1. The molecule has 8 heteroatoms. The number of amides is 1. The molecule has 2 fully saturated rings. The number of rotatable bonds is 5. The summed E-state index contributed by atoms with van der Waals surface area (Å²) in [5.74, 6) is 1.88. The Labute approximate surface area is 181 Å². The molecule has 1 atom stereocenters. The monoisotopic (exact) mass is 421 g/mol. The summed E-state index contributed by atoms with van der Waals surface area (Å²) in [6.45, 7) is 4.93.